The SMILES string of the molecule is Cc1nc2c(n1[C@H]1CCN(CC3(O)CCCCC3)C1)CCCC2. The van der Waals surface area contributed by atoms with E-state index in [-0.39, 0.29) is 0 Å². The number of hydrogen-bond donors (Lipinski definition) is 1. The summed E-state index contributed by atoms with van der Waals surface area (Å²) in [5.41, 5.74) is 2.45. The van der Waals surface area contributed by atoms with Crippen LogP contribution in [0.1, 0.15) is 74.6 Å². The Hall–Kier alpha value is -0.870. The van der Waals surface area contributed by atoms with E-state index in [1.54, 1.807) is 0 Å². The number of likely N-dealkylation sites (tertiary alicyclic amines) is 1. The van der Waals surface area contributed by atoms with E-state index in [9.17, 15) is 5.11 Å². The number of nitrogens with zero attached hydrogens (tertiary/aromatic N) is 3. The largest absolute Gasteiger partial charge is 0.389 e. The third kappa shape index (κ3) is 3.08. The van der Waals surface area contributed by atoms with Gasteiger partial charge in [-0.2, -0.15) is 0 Å². The molecule has 1 aliphatic heterocycles. The van der Waals surface area contributed by atoms with E-state index in [1.165, 1.54) is 68.6 Å². The summed E-state index contributed by atoms with van der Waals surface area (Å²) in [5, 5.41) is 10.8. The summed E-state index contributed by atoms with van der Waals surface area (Å²) < 4.78 is 2.54. The maximum atomic E-state index is 10.8. The fourth-order valence-electron chi connectivity index (χ4n) is 5.13. The standard InChI is InChI=1S/C19H31N3O/c1-15-20-17-7-3-4-8-18(17)22(15)16-9-12-21(13-16)14-19(23)10-5-2-6-11-19/h16,23H,2-14H2,1H3/t16-/m0/s1. The van der Waals surface area contributed by atoms with Gasteiger partial charge in [0.15, 0.2) is 0 Å². The number of imidazole rings is 1. The fraction of sp³-hybridized carbons (Fsp3) is 0.842. The number of rotatable bonds is 3. The number of fused-ring (bicyclic) bond motifs is 1. The summed E-state index contributed by atoms with van der Waals surface area (Å²) in [6.45, 7) is 5.26. The minimum atomic E-state index is -0.420. The monoisotopic (exact) mass is 317 g/mol. The van der Waals surface area contributed by atoms with Crippen LogP contribution in [-0.4, -0.2) is 44.8 Å². The molecule has 2 fully saturated rings. The first-order valence-electron chi connectivity index (χ1n) is 9.66. The Labute approximate surface area is 139 Å². The van der Waals surface area contributed by atoms with Crippen LogP contribution in [-0.2, 0) is 12.8 Å². The maximum Gasteiger partial charge on any atom is 0.106 e. The molecule has 2 heterocycles. The highest BCUT2D eigenvalue weighted by atomic mass is 16.3. The molecule has 0 aromatic carbocycles. The molecule has 4 rings (SSSR count). The molecule has 128 valence electrons. The van der Waals surface area contributed by atoms with E-state index in [1.807, 2.05) is 0 Å². The second kappa shape index (κ2) is 6.21. The summed E-state index contributed by atoms with van der Waals surface area (Å²) in [6.07, 6.45) is 11.9. The first-order valence-corrected chi connectivity index (χ1v) is 9.66. The van der Waals surface area contributed by atoms with Crippen LogP contribution in [0.5, 0.6) is 0 Å². The normalized spacial score (nSPS) is 28.0. The van der Waals surface area contributed by atoms with Crippen LogP contribution in [0, 0.1) is 6.92 Å². The summed E-state index contributed by atoms with van der Waals surface area (Å²) in [6, 6.07) is 0.566. The molecule has 1 aromatic heterocycles. The first-order chi connectivity index (χ1) is 11.1. The molecule has 4 heteroatoms. The van der Waals surface area contributed by atoms with E-state index in [2.05, 4.69) is 16.4 Å². The van der Waals surface area contributed by atoms with Crippen LogP contribution in [0.3, 0.4) is 0 Å². The van der Waals surface area contributed by atoms with Gasteiger partial charge in [-0.25, -0.2) is 4.98 Å². The number of aromatic nitrogens is 2. The summed E-state index contributed by atoms with van der Waals surface area (Å²) in [5.74, 6) is 1.21. The van der Waals surface area contributed by atoms with Crippen molar-refractivity contribution in [2.75, 3.05) is 19.6 Å². The topological polar surface area (TPSA) is 41.3 Å². The van der Waals surface area contributed by atoms with Crippen molar-refractivity contribution in [1.29, 1.82) is 0 Å². The molecule has 0 bridgehead atoms. The highest BCUT2D eigenvalue weighted by molar-refractivity contribution is 5.21. The average molecular weight is 317 g/mol. The van der Waals surface area contributed by atoms with Crippen molar-refractivity contribution in [3.05, 3.63) is 17.2 Å². The van der Waals surface area contributed by atoms with Gasteiger partial charge >= 0.3 is 0 Å². The van der Waals surface area contributed by atoms with Gasteiger partial charge in [0.1, 0.15) is 5.82 Å². The van der Waals surface area contributed by atoms with E-state index >= 15 is 0 Å². The van der Waals surface area contributed by atoms with Crippen molar-refractivity contribution in [3.63, 3.8) is 0 Å². The van der Waals surface area contributed by atoms with Gasteiger partial charge in [0.25, 0.3) is 0 Å². The molecule has 1 saturated heterocycles. The average Bonchev–Trinajstić information content (AvgIpc) is 3.10. The molecular weight excluding hydrogens is 286 g/mol. The predicted octanol–water partition coefficient (Wildman–Crippen LogP) is 3.01. The fourth-order valence-corrected chi connectivity index (χ4v) is 5.13. The zero-order chi connectivity index (χ0) is 15.9. The van der Waals surface area contributed by atoms with Crippen LogP contribution in [0.25, 0.3) is 0 Å². The van der Waals surface area contributed by atoms with Crippen molar-refractivity contribution in [2.45, 2.75) is 82.8 Å². The molecule has 0 amide bonds. The van der Waals surface area contributed by atoms with Gasteiger partial charge in [-0.15, -0.1) is 0 Å². The summed E-state index contributed by atoms with van der Waals surface area (Å²) in [7, 11) is 0. The number of hydrogen-bond acceptors (Lipinski definition) is 3. The Morgan fingerprint density at radius 2 is 1.91 bits per heavy atom. The molecule has 1 saturated carbocycles. The van der Waals surface area contributed by atoms with Gasteiger partial charge in [-0.3, -0.25) is 4.90 Å². The van der Waals surface area contributed by atoms with Crippen LogP contribution in [0.2, 0.25) is 0 Å². The molecular formula is C19H31N3O. The Kier molecular flexibility index (Phi) is 4.22. The van der Waals surface area contributed by atoms with Crippen LogP contribution in [0.4, 0.5) is 0 Å². The third-order valence-corrected chi connectivity index (χ3v) is 6.26. The molecule has 23 heavy (non-hydrogen) atoms. The number of β-amino-alcohol motifs (C(OH)–C–C–N with tert-alkyl or cyclic N) is 1. The van der Waals surface area contributed by atoms with Gasteiger partial charge in [0.05, 0.1) is 11.3 Å². The zero-order valence-electron chi connectivity index (χ0n) is 14.6. The van der Waals surface area contributed by atoms with Crippen molar-refractivity contribution in [3.8, 4) is 0 Å². The molecule has 0 radical (unpaired) electrons. The molecule has 4 nitrogen and oxygen atoms in total. The lowest BCUT2D eigenvalue weighted by molar-refractivity contribution is -0.0219. The molecule has 0 unspecified atom stereocenters. The quantitative estimate of drug-likeness (QED) is 0.932. The first kappa shape index (κ1) is 15.6. The van der Waals surface area contributed by atoms with Gasteiger partial charge in [0.2, 0.25) is 0 Å². The lowest BCUT2D eigenvalue weighted by atomic mass is 9.84. The van der Waals surface area contributed by atoms with Crippen molar-refractivity contribution >= 4 is 0 Å². The van der Waals surface area contributed by atoms with Gasteiger partial charge in [-0.05, 0) is 51.9 Å². The summed E-state index contributed by atoms with van der Waals surface area (Å²) >= 11 is 0. The number of aryl methyl sites for hydroxylation is 2. The Morgan fingerprint density at radius 3 is 2.74 bits per heavy atom. The lowest BCUT2D eigenvalue weighted by Gasteiger charge is -2.35. The van der Waals surface area contributed by atoms with E-state index in [4.69, 9.17) is 4.98 Å². The second-order valence-electron chi connectivity index (χ2n) is 8.09. The van der Waals surface area contributed by atoms with Crippen LogP contribution < -0.4 is 0 Å². The van der Waals surface area contributed by atoms with Crippen LogP contribution >= 0.6 is 0 Å². The molecule has 1 N–H and O–H groups in total. The Morgan fingerprint density at radius 1 is 1.13 bits per heavy atom. The minimum absolute atomic E-state index is 0.420. The predicted molar refractivity (Wildman–Crippen MR) is 91.7 cm³/mol. The number of aliphatic hydroxyl groups is 1. The Bertz CT molecular complexity index is 559. The molecule has 2 aliphatic carbocycles. The molecule has 1 aromatic rings. The summed E-state index contributed by atoms with van der Waals surface area (Å²) in [4.78, 5) is 7.35. The van der Waals surface area contributed by atoms with Crippen LogP contribution in [0.15, 0.2) is 0 Å². The van der Waals surface area contributed by atoms with E-state index in [0.717, 1.165) is 32.5 Å². The second-order valence-corrected chi connectivity index (χ2v) is 8.09. The molecule has 1 atom stereocenters. The van der Waals surface area contributed by atoms with Gasteiger partial charge in [-0.1, -0.05) is 19.3 Å². The highest BCUT2D eigenvalue weighted by Gasteiger charge is 2.35. The Balaban J connectivity index is 1.45. The van der Waals surface area contributed by atoms with Crippen molar-refractivity contribution in [1.82, 2.24) is 14.5 Å². The third-order valence-electron chi connectivity index (χ3n) is 6.26. The molecule has 0 spiro atoms. The lowest BCUT2D eigenvalue weighted by Crippen LogP contribution is -2.43. The minimum Gasteiger partial charge on any atom is -0.389 e. The zero-order valence-corrected chi connectivity index (χ0v) is 14.6. The smallest absolute Gasteiger partial charge is 0.106 e. The van der Waals surface area contributed by atoms with Crippen molar-refractivity contribution in [2.24, 2.45) is 0 Å². The maximum absolute atomic E-state index is 10.8. The van der Waals surface area contributed by atoms with Gasteiger partial charge in [0, 0.05) is 31.4 Å². The van der Waals surface area contributed by atoms with Gasteiger partial charge < -0.3 is 9.67 Å². The molecule has 3 aliphatic rings. The van der Waals surface area contributed by atoms with E-state index in [0.29, 0.717) is 6.04 Å². The highest BCUT2D eigenvalue weighted by Crippen LogP contribution is 2.33. The van der Waals surface area contributed by atoms with Crippen molar-refractivity contribution < 1.29 is 5.11 Å². The van der Waals surface area contributed by atoms with E-state index < -0.39 is 5.60 Å².